The Morgan fingerprint density at radius 1 is 1.07 bits per heavy atom. The summed E-state index contributed by atoms with van der Waals surface area (Å²) < 4.78 is 27.7. The first-order valence-electron chi connectivity index (χ1n) is 10.0. The molecule has 162 valence electrons. The Hall–Kier alpha value is -2.93. The molecule has 7 heteroatoms. The Morgan fingerprint density at radius 3 is 2.33 bits per heavy atom. The summed E-state index contributed by atoms with van der Waals surface area (Å²) >= 11 is 0. The number of rotatable bonds is 10. The van der Waals surface area contributed by atoms with Gasteiger partial charge < -0.3 is 28.6 Å². The van der Waals surface area contributed by atoms with Crippen LogP contribution in [0.15, 0.2) is 42.5 Å². The lowest BCUT2D eigenvalue weighted by molar-refractivity contribution is -0.135. The minimum absolute atomic E-state index is 0.0349. The Labute approximate surface area is 177 Å². The zero-order valence-electron chi connectivity index (χ0n) is 17.8. The standard InChI is InChI=1S/C23H29NO6/c1-26-20-12-17(13-21(27-2)23(20)28-3)14-24(15-19-10-7-11-29-19)22(25)16-30-18-8-5-4-6-9-18/h4-6,8-9,12-13,19H,7,10-11,14-16H2,1-3H3. The maximum atomic E-state index is 13.0. The van der Waals surface area contributed by atoms with Crippen LogP contribution in [0, 0.1) is 0 Å². The second-order valence-corrected chi connectivity index (χ2v) is 7.04. The van der Waals surface area contributed by atoms with Gasteiger partial charge in [-0.25, -0.2) is 0 Å². The average Bonchev–Trinajstić information content (AvgIpc) is 3.30. The van der Waals surface area contributed by atoms with Crippen LogP contribution < -0.4 is 18.9 Å². The molecule has 0 N–H and O–H groups in total. The number of methoxy groups -OCH3 is 3. The zero-order chi connectivity index (χ0) is 21.3. The second kappa shape index (κ2) is 10.7. The summed E-state index contributed by atoms with van der Waals surface area (Å²) in [5.74, 6) is 2.18. The smallest absolute Gasteiger partial charge is 0.260 e. The number of hydrogen-bond donors (Lipinski definition) is 0. The van der Waals surface area contributed by atoms with E-state index in [4.69, 9.17) is 23.7 Å². The summed E-state index contributed by atoms with van der Waals surface area (Å²) in [6, 6.07) is 13.0. The van der Waals surface area contributed by atoms with Crippen LogP contribution in [0.5, 0.6) is 23.0 Å². The zero-order valence-corrected chi connectivity index (χ0v) is 17.8. The van der Waals surface area contributed by atoms with Gasteiger partial charge in [0.05, 0.1) is 27.4 Å². The van der Waals surface area contributed by atoms with E-state index in [0.29, 0.717) is 36.1 Å². The van der Waals surface area contributed by atoms with Gasteiger partial charge in [0.25, 0.3) is 5.91 Å². The summed E-state index contributed by atoms with van der Waals surface area (Å²) in [5, 5.41) is 0. The number of hydrogen-bond acceptors (Lipinski definition) is 6. The number of benzene rings is 2. The van der Waals surface area contributed by atoms with Crippen molar-refractivity contribution in [1.82, 2.24) is 4.90 Å². The number of para-hydroxylation sites is 1. The average molecular weight is 415 g/mol. The third kappa shape index (κ3) is 5.57. The molecule has 0 aromatic heterocycles. The highest BCUT2D eigenvalue weighted by molar-refractivity contribution is 5.78. The topological polar surface area (TPSA) is 66.5 Å². The van der Waals surface area contributed by atoms with Crippen LogP contribution in [0.4, 0.5) is 0 Å². The molecule has 1 fully saturated rings. The molecular formula is C23H29NO6. The minimum Gasteiger partial charge on any atom is -0.493 e. The summed E-state index contributed by atoms with van der Waals surface area (Å²) in [5.41, 5.74) is 0.871. The molecule has 1 amide bonds. The van der Waals surface area contributed by atoms with E-state index in [9.17, 15) is 4.79 Å². The number of carbonyl (C=O) groups is 1. The van der Waals surface area contributed by atoms with Gasteiger partial charge in [-0.2, -0.15) is 0 Å². The molecule has 3 rings (SSSR count). The third-order valence-electron chi connectivity index (χ3n) is 5.00. The Balaban J connectivity index is 1.77. The number of nitrogens with zero attached hydrogens (tertiary/aromatic N) is 1. The molecule has 1 saturated heterocycles. The van der Waals surface area contributed by atoms with Crippen LogP contribution in [0.1, 0.15) is 18.4 Å². The van der Waals surface area contributed by atoms with Gasteiger partial charge in [0.1, 0.15) is 5.75 Å². The minimum atomic E-state index is -0.108. The predicted molar refractivity (Wildman–Crippen MR) is 112 cm³/mol. The molecule has 0 radical (unpaired) electrons. The van der Waals surface area contributed by atoms with Crippen LogP contribution in [0.2, 0.25) is 0 Å². The molecule has 7 nitrogen and oxygen atoms in total. The van der Waals surface area contributed by atoms with Crippen molar-refractivity contribution < 1.29 is 28.5 Å². The van der Waals surface area contributed by atoms with E-state index in [0.717, 1.165) is 25.0 Å². The van der Waals surface area contributed by atoms with Crippen LogP contribution in [-0.2, 0) is 16.1 Å². The maximum absolute atomic E-state index is 13.0. The third-order valence-corrected chi connectivity index (χ3v) is 5.00. The van der Waals surface area contributed by atoms with Gasteiger partial charge in [0, 0.05) is 19.7 Å². The number of carbonyl (C=O) groups excluding carboxylic acids is 1. The van der Waals surface area contributed by atoms with Gasteiger partial charge in [-0.05, 0) is 42.7 Å². The highest BCUT2D eigenvalue weighted by Crippen LogP contribution is 2.38. The summed E-state index contributed by atoms with van der Waals surface area (Å²) in [4.78, 5) is 14.8. The van der Waals surface area contributed by atoms with Crippen molar-refractivity contribution in [2.45, 2.75) is 25.5 Å². The molecule has 0 aliphatic carbocycles. The Kier molecular flexibility index (Phi) is 7.79. The largest absolute Gasteiger partial charge is 0.493 e. The van der Waals surface area contributed by atoms with Gasteiger partial charge in [-0.1, -0.05) is 18.2 Å². The molecule has 2 aromatic carbocycles. The first kappa shape index (κ1) is 21.8. The van der Waals surface area contributed by atoms with Gasteiger partial charge in [0.2, 0.25) is 5.75 Å². The van der Waals surface area contributed by atoms with E-state index in [1.165, 1.54) is 0 Å². The summed E-state index contributed by atoms with van der Waals surface area (Å²) in [6.07, 6.45) is 1.99. The van der Waals surface area contributed by atoms with E-state index in [-0.39, 0.29) is 18.6 Å². The molecule has 2 aromatic rings. The van der Waals surface area contributed by atoms with Crippen LogP contribution >= 0.6 is 0 Å². The number of amides is 1. The molecular weight excluding hydrogens is 386 g/mol. The van der Waals surface area contributed by atoms with Gasteiger partial charge in [-0.3, -0.25) is 4.79 Å². The fourth-order valence-electron chi connectivity index (χ4n) is 3.49. The summed E-state index contributed by atoms with van der Waals surface area (Å²) in [7, 11) is 4.71. The second-order valence-electron chi connectivity index (χ2n) is 7.04. The number of ether oxygens (including phenoxy) is 5. The molecule has 1 atom stereocenters. The van der Waals surface area contributed by atoms with Gasteiger partial charge >= 0.3 is 0 Å². The fraction of sp³-hybridized carbons (Fsp3) is 0.435. The van der Waals surface area contributed by atoms with E-state index >= 15 is 0 Å². The predicted octanol–water partition coefficient (Wildman–Crippen LogP) is 3.30. The van der Waals surface area contributed by atoms with Crippen molar-refractivity contribution in [3.63, 3.8) is 0 Å². The lowest BCUT2D eigenvalue weighted by atomic mass is 10.1. The van der Waals surface area contributed by atoms with Crippen molar-refractivity contribution in [2.75, 3.05) is 41.1 Å². The van der Waals surface area contributed by atoms with Crippen molar-refractivity contribution >= 4 is 5.91 Å². The first-order chi connectivity index (χ1) is 14.6. The van der Waals surface area contributed by atoms with Crippen molar-refractivity contribution in [3.05, 3.63) is 48.0 Å². The molecule has 0 bridgehead atoms. The highest BCUT2D eigenvalue weighted by Gasteiger charge is 2.24. The van der Waals surface area contributed by atoms with Crippen LogP contribution in [-0.4, -0.2) is 58.0 Å². The molecule has 30 heavy (non-hydrogen) atoms. The lowest BCUT2D eigenvalue weighted by Gasteiger charge is -2.26. The normalized spacial score (nSPS) is 15.5. The van der Waals surface area contributed by atoms with Crippen molar-refractivity contribution in [1.29, 1.82) is 0 Å². The molecule has 0 spiro atoms. The van der Waals surface area contributed by atoms with Crippen LogP contribution in [0.25, 0.3) is 0 Å². The molecule has 0 saturated carbocycles. The highest BCUT2D eigenvalue weighted by atomic mass is 16.5. The van der Waals surface area contributed by atoms with E-state index < -0.39 is 0 Å². The van der Waals surface area contributed by atoms with Gasteiger partial charge in [-0.15, -0.1) is 0 Å². The van der Waals surface area contributed by atoms with Crippen LogP contribution in [0.3, 0.4) is 0 Å². The Morgan fingerprint density at radius 2 is 1.77 bits per heavy atom. The van der Waals surface area contributed by atoms with Gasteiger partial charge in [0.15, 0.2) is 18.1 Å². The van der Waals surface area contributed by atoms with E-state index in [1.807, 2.05) is 42.5 Å². The lowest BCUT2D eigenvalue weighted by Crippen LogP contribution is -2.39. The monoisotopic (exact) mass is 415 g/mol. The molecule has 1 aliphatic heterocycles. The molecule has 1 aliphatic rings. The SMILES string of the molecule is COc1cc(CN(CC2CCCO2)C(=O)COc2ccccc2)cc(OC)c1OC. The van der Waals surface area contributed by atoms with Crippen molar-refractivity contribution in [3.8, 4) is 23.0 Å². The molecule has 1 heterocycles. The fourth-order valence-corrected chi connectivity index (χ4v) is 3.49. The first-order valence-corrected chi connectivity index (χ1v) is 10.0. The van der Waals surface area contributed by atoms with Crippen molar-refractivity contribution in [2.24, 2.45) is 0 Å². The summed E-state index contributed by atoms with van der Waals surface area (Å²) in [6.45, 7) is 1.58. The van der Waals surface area contributed by atoms with E-state index in [1.54, 1.807) is 26.2 Å². The van der Waals surface area contributed by atoms with E-state index in [2.05, 4.69) is 0 Å². The maximum Gasteiger partial charge on any atom is 0.260 e. The Bertz CT molecular complexity index is 795. The quantitative estimate of drug-likeness (QED) is 0.593. The molecule has 1 unspecified atom stereocenters.